The lowest BCUT2D eigenvalue weighted by atomic mass is 10.00. The van der Waals surface area contributed by atoms with E-state index in [1.54, 1.807) is 22.7 Å². The Hall–Kier alpha value is -4.13. The third-order valence-corrected chi connectivity index (χ3v) is 6.06. The molecule has 33 heavy (non-hydrogen) atoms. The van der Waals surface area contributed by atoms with Crippen molar-refractivity contribution in [2.75, 3.05) is 25.5 Å². The highest BCUT2D eigenvalue weighted by Crippen LogP contribution is 2.32. The van der Waals surface area contributed by atoms with Crippen LogP contribution in [0.1, 0.15) is 30.1 Å². The lowest BCUT2D eigenvalue weighted by molar-refractivity contribution is -0.129. The van der Waals surface area contributed by atoms with Crippen LogP contribution in [0, 0.1) is 17.2 Å². The zero-order valence-electron chi connectivity index (χ0n) is 18.5. The van der Waals surface area contributed by atoms with Gasteiger partial charge in [0, 0.05) is 43.2 Å². The maximum atomic E-state index is 12.3. The second-order valence-electron chi connectivity index (χ2n) is 8.00. The zero-order valence-corrected chi connectivity index (χ0v) is 18.5. The first-order chi connectivity index (χ1) is 15.9. The number of fused-ring (bicyclic) bond motifs is 1. The number of pyridine rings is 1. The minimum absolute atomic E-state index is 0.0960. The molecule has 2 atom stereocenters. The Kier molecular flexibility index (Phi) is 6.13. The predicted octanol–water partition coefficient (Wildman–Crippen LogP) is 2.07. The molecule has 2 amide bonds. The number of anilines is 1. The number of nitriles is 1. The molecular weight excluding hydrogens is 422 g/mol. The number of rotatable bonds is 7. The fraction of sp³-hybridized carbons (Fsp3) is 0.348. The van der Waals surface area contributed by atoms with Gasteiger partial charge in [-0.25, -0.2) is 9.50 Å². The van der Waals surface area contributed by atoms with Gasteiger partial charge in [0.1, 0.15) is 6.42 Å². The number of likely N-dealkylation sites (tertiary alicyclic amines) is 1. The van der Waals surface area contributed by atoms with Crippen LogP contribution in [-0.2, 0) is 4.79 Å². The minimum Gasteiger partial charge on any atom is -0.481 e. The van der Waals surface area contributed by atoms with Crippen LogP contribution in [0.25, 0.3) is 16.6 Å². The van der Waals surface area contributed by atoms with E-state index in [1.807, 2.05) is 30.5 Å². The summed E-state index contributed by atoms with van der Waals surface area (Å²) in [5, 5.41) is 16.7. The van der Waals surface area contributed by atoms with Gasteiger partial charge in [-0.1, -0.05) is 6.92 Å². The number of nitrogens with one attached hydrogen (secondary N) is 1. The van der Waals surface area contributed by atoms with E-state index in [1.165, 1.54) is 6.20 Å². The highest BCUT2D eigenvalue weighted by molar-refractivity contribution is 6.02. The monoisotopic (exact) mass is 447 g/mol. The normalized spacial score (nSPS) is 17.7. The van der Waals surface area contributed by atoms with Crippen LogP contribution in [-0.4, -0.2) is 57.6 Å². The number of aromatic nitrogens is 3. The molecule has 4 rings (SSSR count). The maximum Gasteiger partial charge on any atom is 0.252 e. The predicted molar refractivity (Wildman–Crippen MR) is 121 cm³/mol. The molecule has 3 N–H and O–H groups in total. The fourth-order valence-electron chi connectivity index (χ4n) is 4.27. The van der Waals surface area contributed by atoms with Gasteiger partial charge in [-0.2, -0.15) is 10.4 Å². The average Bonchev–Trinajstić information content (AvgIpc) is 3.43. The Morgan fingerprint density at radius 3 is 2.85 bits per heavy atom. The van der Waals surface area contributed by atoms with Crippen LogP contribution in [0.5, 0.6) is 5.88 Å². The van der Waals surface area contributed by atoms with Crippen LogP contribution in [0.3, 0.4) is 0 Å². The van der Waals surface area contributed by atoms with E-state index >= 15 is 0 Å². The van der Waals surface area contributed by atoms with E-state index in [0.717, 1.165) is 17.5 Å². The summed E-state index contributed by atoms with van der Waals surface area (Å²) >= 11 is 0. The van der Waals surface area contributed by atoms with Crippen LogP contribution < -0.4 is 15.8 Å². The SMILES string of the molecule is CC[C@@H]1CN(C(=O)CC#N)C[C@H]1Nc1c(C(N)=O)cnn2cc(-c3ccnc(OC)c3)cc12. The Labute approximate surface area is 191 Å². The molecule has 4 heterocycles. The first-order valence-electron chi connectivity index (χ1n) is 10.7. The van der Waals surface area contributed by atoms with Crippen molar-refractivity contribution in [1.82, 2.24) is 19.5 Å². The number of ether oxygens (including phenoxy) is 1. The summed E-state index contributed by atoms with van der Waals surface area (Å²) < 4.78 is 6.91. The van der Waals surface area contributed by atoms with E-state index in [4.69, 9.17) is 15.7 Å². The summed E-state index contributed by atoms with van der Waals surface area (Å²) in [6.07, 6.45) is 5.66. The molecule has 10 nitrogen and oxygen atoms in total. The van der Waals surface area contributed by atoms with Gasteiger partial charge >= 0.3 is 0 Å². The fourth-order valence-corrected chi connectivity index (χ4v) is 4.27. The van der Waals surface area contributed by atoms with E-state index in [-0.39, 0.29) is 29.9 Å². The van der Waals surface area contributed by atoms with Gasteiger partial charge in [0.25, 0.3) is 5.91 Å². The number of hydrogen-bond donors (Lipinski definition) is 2. The second-order valence-corrected chi connectivity index (χ2v) is 8.00. The van der Waals surface area contributed by atoms with Gasteiger partial charge in [-0.15, -0.1) is 0 Å². The summed E-state index contributed by atoms with van der Waals surface area (Å²) in [4.78, 5) is 30.3. The third kappa shape index (κ3) is 4.30. The Morgan fingerprint density at radius 1 is 1.33 bits per heavy atom. The second kappa shape index (κ2) is 9.16. The lowest BCUT2D eigenvalue weighted by Crippen LogP contribution is -2.32. The van der Waals surface area contributed by atoms with Crippen molar-refractivity contribution in [1.29, 1.82) is 5.26 Å². The van der Waals surface area contributed by atoms with Crippen molar-refractivity contribution >= 4 is 23.0 Å². The van der Waals surface area contributed by atoms with Gasteiger partial charge in [0.2, 0.25) is 11.8 Å². The largest absolute Gasteiger partial charge is 0.481 e. The Bertz CT molecular complexity index is 1250. The van der Waals surface area contributed by atoms with Crippen molar-refractivity contribution in [2.24, 2.45) is 11.7 Å². The summed E-state index contributed by atoms with van der Waals surface area (Å²) in [7, 11) is 1.56. The molecule has 0 unspecified atom stereocenters. The van der Waals surface area contributed by atoms with Crippen LogP contribution in [0.2, 0.25) is 0 Å². The highest BCUT2D eigenvalue weighted by atomic mass is 16.5. The average molecular weight is 447 g/mol. The molecule has 3 aromatic heterocycles. The molecule has 3 aromatic rings. The molecular formula is C23H25N7O3. The van der Waals surface area contributed by atoms with Gasteiger partial charge in [-0.05, 0) is 30.0 Å². The zero-order chi connectivity index (χ0) is 23.5. The van der Waals surface area contributed by atoms with Crippen molar-refractivity contribution in [3.05, 3.63) is 42.4 Å². The van der Waals surface area contributed by atoms with Gasteiger partial charge in [0.05, 0.1) is 36.1 Å². The van der Waals surface area contributed by atoms with E-state index in [0.29, 0.717) is 30.2 Å². The number of methoxy groups -OCH3 is 1. The molecule has 170 valence electrons. The summed E-state index contributed by atoms with van der Waals surface area (Å²) in [6.45, 7) is 3.06. The summed E-state index contributed by atoms with van der Waals surface area (Å²) in [5.41, 5.74) is 8.96. The maximum absolute atomic E-state index is 12.3. The highest BCUT2D eigenvalue weighted by Gasteiger charge is 2.35. The summed E-state index contributed by atoms with van der Waals surface area (Å²) in [5.74, 6) is -0.123. The van der Waals surface area contributed by atoms with Gasteiger partial charge < -0.3 is 20.7 Å². The molecule has 0 saturated carbocycles. The third-order valence-electron chi connectivity index (χ3n) is 6.06. The van der Waals surface area contributed by atoms with Gasteiger partial charge in [0.15, 0.2) is 0 Å². The molecule has 1 fully saturated rings. The summed E-state index contributed by atoms with van der Waals surface area (Å²) in [6, 6.07) is 7.43. The number of primary amides is 1. The Balaban J connectivity index is 1.73. The minimum atomic E-state index is -0.593. The molecule has 0 spiro atoms. The van der Waals surface area contributed by atoms with E-state index in [2.05, 4.69) is 22.3 Å². The van der Waals surface area contributed by atoms with Crippen molar-refractivity contribution in [2.45, 2.75) is 25.8 Å². The number of amides is 2. The van der Waals surface area contributed by atoms with Crippen LogP contribution >= 0.6 is 0 Å². The van der Waals surface area contributed by atoms with Crippen molar-refractivity contribution < 1.29 is 14.3 Å². The number of nitrogens with two attached hydrogens (primary N) is 1. The standard InChI is InChI=1S/C23H25N7O3/c1-3-14-11-29(21(31)4-6-24)13-18(14)28-22-17(23(25)32)10-27-30-12-16(8-19(22)30)15-5-7-26-20(9-15)33-2/h5,7-10,12,14,18,28H,3-4,11,13H2,1-2H3,(H2,25,32)/t14-,18-/m1/s1. The van der Waals surface area contributed by atoms with Gasteiger partial charge in [-0.3, -0.25) is 9.59 Å². The first kappa shape index (κ1) is 22.1. The first-order valence-corrected chi connectivity index (χ1v) is 10.7. The number of nitrogens with zero attached hydrogens (tertiary/aromatic N) is 5. The molecule has 10 heteroatoms. The molecule has 0 radical (unpaired) electrons. The Morgan fingerprint density at radius 2 is 2.15 bits per heavy atom. The quantitative estimate of drug-likeness (QED) is 0.565. The molecule has 1 aliphatic rings. The number of hydrogen-bond acceptors (Lipinski definition) is 7. The molecule has 1 saturated heterocycles. The van der Waals surface area contributed by atoms with E-state index in [9.17, 15) is 9.59 Å². The number of carbonyl (C=O) groups excluding carboxylic acids is 2. The van der Waals surface area contributed by atoms with Crippen LogP contribution in [0.4, 0.5) is 5.69 Å². The number of carbonyl (C=O) groups is 2. The van der Waals surface area contributed by atoms with E-state index < -0.39 is 5.91 Å². The van der Waals surface area contributed by atoms with Crippen molar-refractivity contribution in [3.63, 3.8) is 0 Å². The van der Waals surface area contributed by atoms with Crippen LogP contribution in [0.15, 0.2) is 36.8 Å². The lowest BCUT2D eigenvalue weighted by Gasteiger charge is -2.21. The molecule has 1 aliphatic heterocycles. The topological polar surface area (TPSA) is 139 Å². The molecule has 0 aromatic carbocycles. The smallest absolute Gasteiger partial charge is 0.252 e. The molecule has 0 bridgehead atoms. The molecule has 0 aliphatic carbocycles. The van der Waals surface area contributed by atoms with Crippen molar-refractivity contribution in [3.8, 4) is 23.1 Å².